The van der Waals surface area contributed by atoms with Gasteiger partial charge in [-0.15, -0.1) is 0 Å². The third-order valence-electron chi connectivity index (χ3n) is 6.38. The summed E-state index contributed by atoms with van der Waals surface area (Å²) in [5, 5.41) is 0.952. The number of fused-ring (bicyclic) bond motifs is 1. The van der Waals surface area contributed by atoms with Gasteiger partial charge in [-0.05, 0) is 55.7 Å². The second kappa shape index (κ2) is 8.66. The third-order valence-corrected chi connectivity index (χ3v) is 9.38. The quantitative estimate of drug-likeness (QED) is 0.564. The summed E-state index contributed by atoms with van der Waals surface area (Å²) in [7, 11) is -3.86. The molecule has 3 heterocycles. The monoisotopic (exact) mass is 488 g/mol. The molecule has 0 bridgehead atoms. The number of anilines is 1. The molecule has 2 saturated heterocycles. The van der Waals surface area contributed by atoms with Crippen LogP contribution in [0.2, 0.25) is 0 Å². The summed E-state index contributed by atoms with van der Waals surface area (Å²) >= 11 is 1.65. The Labute approximate surface area is 196 Å². The molecule has 2 aliphatic heterocycles. The van der Waals surface area contributed by atoms with E-state index in [2.05, 4.69) is 24.0 Å². The largest absolute Gasteiger partial charge is 0.345 e. The van der Waals surface area contributed by atoms with Crippen LogP contribution in [0.3, 0.4) is 0 Å². The second-order valence-corrected chi connectivity index (χ2v) is 11.4. The van der Waals surface area contributed by atoms with Crippen molar-refractivity contribution in [3.8, 4) is 0 Å². The van der Waals surface area contributed by atoms with Gasteiger partial charge in [-0.25, -0.2) is 17.8 Å². The fourth-order valence-electron chi connectivity index (χ4n) is 4.56. The van der Waals surface area contributed by atoms with E-state index in [1.54, 1.807) is 16.2 Å². The van der Waals surface area contributed by atoms with Crippen LogP contribution in [0.5, 0.6) is 0 Å². The normalized spacial score (nSPS) is 20.0. The molecule has 1 atom stereocenters. The first-order valence-electron chi connectivity index (χ1n) is 11.0. The number of aromatic nitrogens is 1. The molecule has 0 radical (unpaired) electrons. The maximum atomic E-state index is 13.3. The summed E-state index contributed by atoms with van der Waals surface area (Å²) in [6, 6.07) is 10.2. The van der Waals surface area contributed by atoms with Gasteiger partial charge in [0.05, 0.1) is 15.1 Å². The highest BCUT2D eigenvalue weighted by atomic mass is 32.2. The molecule has 0 saturated carbocycles. The molecule has 2 aromatic carbocycles. The molecule has 3 aromatic rings. The van der Waals surface area contributed by atoms with Gasteiger partial charge in [-0.3, -0.25) is 4.79 Å². The highest BCUT2D eigenvalue weighted by molar-refractivity contribution is 7.89. The van der Waals surface area contributed by atoms with Gasteiger partial charge in [0, 0.05) is 32.7 Å². The number of aryl methyl sites for hydroxylation is 1. The van der Waals surface area contributed by atoms with Crippen molar-refractivity contribution in [3.05, 3.63) is 53.8 Å². The van der Waals surface area contributed by atoms with E-state index in [0.717, 1.165) is 33.0 Å². The van der Waals surface area contributed by atoms with Gasteiger partial charge in [0.1, 0.15) is 11.9 Å². The molecule has 174 valence electrons. The number of rotatable bonds is 4. The lowest BCUT2D eigenvalue weighted by Crippen LogP contribution is -2.54. The summed E-state index contributed by atoms with van der Waals surface area (Å²) in [4.78, 5) is 22.1. The fraction of sp³-hybridized carbons (Fsp3) is 0.391. The summed E-state index contributed by atoms with van der Waals surface area (Å²) in [5.41, 5.74) is 2.16. The van der Waals surface area contributed by atoms with Crippen LogP contribution in [-0.2, 0) is 14.8 Å². The molecule has 0 aliphatic carbocycles. The van der Waals surface area contributed by atoms with E-state index < -0.39 is 21.9 Å². The molecule has 2 fully saturated rings. The fourth-order valence-corrected chi connectivity index (χ4v) is 7.30. The molecule has 1 amide bonds. The molecule has 1 unspecified atom stereocenters. The predicted octanol–water partition coefficient (Wildman–Crippen LogP) is 3.25. The molecule has 7 nitrogen and oxygen atoms in total. The Morgan fingerprint density at radius 1 is 1.06 bits per heavy atom. The van der Waals surface area contributed by atoms with Crippen LogP contribution < -0.4 is 4.90 Å². The second-order valence-electron chi connectivity index (χ2n) is 8.46. The van der Waals surface area contributed by atoms with Crippen LogP contribution in [0.15, 0.2) is 47.4 Å². The van der Waals surface area contributed by atoms with E-state index in [1.165, 1.54) is 16.4 Å². The third kappa shape index (κ3) is 4.11. The minimum atomic E-state index is -3.86. The summed E-state index contributed by atoms with van der Waals surface area (Å²) in [6.45, 7) is 4.70. The number of piperazine rings is 1. The van der Waals surface area contributed by atoms with E-state index in [1.807, 2.05) is 6.07 Å². The molecular weight excluding hydrogens is 463 g/mol. The van der Waals surface area contributed by atoms with Crippen LogP contribution in [0.4, 0.5) is 9.52 Å². The molecule has 33 heavy (non-hydrogen) atoms. The SMILES string of the molecule is Cc1cccc2sc(N3CCN(C(=O)C4CCCN4S(=O)(=O)c4ccc(F)cc4)CC3)nc12. The minimum absolute atomic E-state index is 0.0135. The number of halogens is 1. The van der Waals surface area contributed by atoms with Crippen molar-refractivity contribution in [2.75, 3.05) is 37.6 Å². The summed E-state index contributed by atoms with van der Waals surface area (Å²) in [6.07, 6.45) is 1.12. The molecular formula is C23H25FN4O3S2. The van der Waals surface area contributed by atoms with E-state index in [0.29, 0.717) is 45.6 Å². The predicted molar refractivity (Wildman–Crippen MR) is 126 cm³/mol. The van der Waals surface area contributed by atoms with Crippen LogP contribution >= 0.6 is 11.3 Å². The summed E-state index contributed by atoms with van der Waals surface area (Å²) in [5.74, 6) is -0.651. The Morgan fingerprint density at radius 3 is 2.48 bits per heavy atom. The Hall–Kier alpha value is -2.56. The van der Waals surface area contributed by atoms with Crippen molar-refractivity contribution in [1.82, 2.24) is 14.2 Å². The Bertz CT molecular complexity index is 1280. The first kappa shape index (κ1) is 22.2. The number of amides is 1. The number of sulfonamides is 1. The van der Waals surface area contributed by atoms with Crippen LogP contribution in [-0.4, -0.2) is 67.3 Å². The van der Waals surface area contributed by atoms with Gasteiger partial charge in [0.15, 0.2) is 5.13 Å². The topological polar surface area (TPSA) is 73.8 Å². The smallest absolute Gasteiger partial charge is 0.243 e. The van der Waals surface area contributed by atoms with Crippen molar-refractivity contribution in [2.45, 2.75) is 30.7 Å². The lowest BCUT2D eigenvalue weighted by molar-refractivity contribution is -0.134. The van der Waals surface area contributed by atoms with Crippen LogP contribution in [0.1, 0.15) is 18.4 Å². The van der Waals surface area contributed by atoms with Crippen molar-refractivity contribution in [3.63, 3.8) is 0 Å². The molecule has 0 N–H and O–H groups in total. The Kier molecular flexibility index (Phi) is 5.84. The zero-order chi connectivity index (χ0) is 23.2. The number of carbonyl (C=O) groups excluding carboxylic acids is 1. The van der Waals surface area contributed by atoms with E-state index >= 15 is 0 Å². The first-order chi connectivity index (χ1) is 15.8. The minimum Gasteiger partial charge on any atom is -0.345 e. The molecule has 1 aromatic heterocycles. The van der Waals surface area contributed by atoms with Crippen LogP contribution in [0.25, 0.3) is 10.2 Å². The van der Waals surface area contributed by atoms with Gasteiger partial charge in [-0.1, -0.05) is 23.5 Å². The Morgan fingerprint density at radius 2 is 1.79 bits per heavy atom. The highest BCUT2D eigenvalue weighted by Crippen LogP contribution is 2.32. The number of benzene rings is 2. The van der Waals surface area contributed by atoms with Gasteiger partial charge in [-0.2, -0.15) is 4.31 Å². The number of para-hydroxylation sites is 1. The number of hydrogen-bond acceptors (Lipinski definition) is 6. The van der Waals surface area contributed by atoms with Gasteiger partial charge < -0.3 is 9.80 Å². The van der Waals surface area contributed by atoms with Crippen molar-refractivity contribution in [1.29, 1.82) is 0 Å². The van der Waals surface area contributed by atoms with E-state index in [9.17, 15) is 17.6 Å². The molecule has 2 aliphatic rings. The molecule has 10 heteroatoms. The average Bonchev–Trinajstić information content (AvgIpc) is 3.48. The lowest BCUT2D eigenvalue weighted by atomic mass is 10.2. The highest BCUT2D eigenvalue weighted by Gasteiger charge is 2.41. The Balaban J connectivity index is 1.28. The molecule has 0 spiro atoms. The van der Waals surface area contributed by atoms with Crippen LogP contribution in [0, 0.1) is 12.7 Å². The number of hydrogen-bond donors (Lipinski definition) is 0. The van der Waals surface area contributed by atoms with Crippen molar-refractivity contribution >= 4 is 42.6 Å². The van der Waals surface area contributed by atoms with E-state index in [-0.39, 0.29) is 10.8 Å². The standard InChI is InChI=1S/C23H25FN4O3S2/c1-16-4-2-6-20-21(16)25-23(32-20)27-14-12-26(13-15-27)22(29)19-5-3-11-28(19)33(30,31)18-9-7-17(24)8-10-18/h2,4,6-10,19H,3,5,11-15H2,1H3. The van der Waals surface area contributed by atoms with Crippen molar-refractivity contribution in [2.24, 2.45) is 0 Å². The van der Waals surface area contributed by atoms with Gasteiger partial charge in [0.2, 0.25) is 15.9 Å². The zero-order valence-electron chi connectivity index (χ0n) is 18.3. The van der Waals surface area contributed by atoms with Gasteiger partial charge >= 0.3 is 0 Å². The van der Waals surface area contributed by atoms with Crippen molar-refractivity contribution < 1.29 is 17.6 Å². The first-order valence-corrected chi connectivity index (χ1v) is 13.3. The molecule has 5 rings (SSSR count). The lowest BCUT2D eigenvalue weighted by Gasteiger charge is -2.37. The number of thiazole rings is 1. The number of nitrogens with zero attached hydrogens (tertiary/aromatic N) is 4. The van der Waals surface area contributed by atoms with E-state index in [4.69, 9.17) is 4.98 Å². The maximum Gasteiger partial charge on any atom is 0.243 e. The summed E-state index contributed by atoms with van der Waals surface area (Å²) < 4.78 is 41.9. The maximum absolute atomic E-state index is 13.3. The van der Waals surface area contributed by atoms with Gasteiger partial charge in [0.25, 0.3) is 0 Å². The number of carbonyl (C=O) groups is 1. The zero-order valence-corrected chi connectivity index (χ0v) is 19.9. The average molecular weight is 489 g/mol.